The molecule has 106 valence electrons. The lowest BCUT2D eigenvalue weighted by Crippen LogP contribution is -2.24. The van der Waals surface area contributed by atoms with Gasteiger partial charge in [0.25, 0.3) is 5.91 Å². The molecule has 1 N–H and O–H groups in total. The van der Waals surface area contributed by atoms with Gasteiger partial charge >= 0.3 is 0 Å². The molecule has 2 nitrogen and oxygen atoms in total. The molecule has 0 fully saturated rings. The van der Waals surface area contributed by atoms with Crippen LogP contribution in [0.15, 0.2) is 48.5 Å². The third kappa shape index (κ3) is 4.73. The van der Waals surface area contributed by atoms with E-state index in [1.54, 1.807) is 24.3 Å². The van der Waals surface area contributed by atoms with Crippen LogP contribution in [0.3, 0.4) is 0 Å². The largest absolute Gasteiger partial charge is 0.345 e. The molecule has 4 heteroatoms. The maximum absolute atomic E-state index is 13.3. The van der Waals surface area contributed by atoms with Gasteiger partial charge in [-0.15, -0.1) is 0 Å². The van der Waals surface area contributed by atoms with Crippen LogP contribution in [-0.2, 0) is 11.2 Å². The monoisotopic (exact) mass is 285 g/mol. The van der Waals surface area contributed by atoms with Gasteiger partial charge in [-0.1, -0.05) is 30.2 Å². The fourth-order valence-electron chi connectivity index (χ4n) is 1.70. The van der Waals surface area contributed by atoms with Gasteiger partial charge in [-0.3, -0.25) is 4.79 Å². The van der Waals surface area contributed by atoms with Gasteiger partial charge in [-0.05, 0) is 36.2 Å². The van der Waals surface area contributed by atoms with E-state index in [1.807, 2.05) is 0 Å². The number of hydrogen-bond acceptors (Lipinski definition) is 1. The predicted octanol–water partition coefficient (Wildman–Crippen LogP) is 2.68. The zero-order chi connectivity index (χ0) is 15.1. The zero-order valence-corrected chi connectivity index (χ0v) is 11.2. The van der Waals surface area contributed by atoms with Gasteiger partial charge < -0.3 is 5.32 Å². The molecule has 2 aromatic rings. The summed E-state index contributed by atoms with van der Waals surface area (Å²) >= 11 is 0. The van der Waals surface area contributed by atoms with E-state index in [0.717, 1.165) is 5.56 Å². The normalized spacial score (nSPS) is 9.62. The van der Waals surface area contributed by atoms with Gasteiger partial charge in [0, 0.05) is 12.5 Å². The molecule has 0 atom stereocenters. The van der Waals surface area contributed by atoms with Gasteiger partial charge in [0.15, 0.2) is 0 Å². The molecule has 0 heterocycles. The number of halogens is 2. The van der Waals surface area contributed by atoms with Crippen LogP contribution in [0.1, 0.15) is 11.1 Å². The van der Waals surface area contributed by atoms with Crippen molar-refractivity contribution in [3.8, 4) is 11.8 Å². The lowest BCUT2D eigenvalue weighted by Gasteiger charge is -2.01. The maximum Gasteiger partial charge on any atom is 0.296 e. The van der Waals surface area contributed by atoms with Crippen molar-refractivity contribution in [1.29, 1.82) is 0 Å². The highest BCUT2D eigenvalue weighted by molar-refractivity contribution is 5.94. The lowest BCUT2D eigenvalue weighted by molar-refractivity contribution is -0.115. The molecule has 21 heavy (non-hydrogen) atoms. The summed E-state index contributed by atoms with van der Waals surface area (Å²) in [5.74, 6) is 3.60. The molecule has 0 aromatic heterocycles. The van der Waals surface area contributed by atoms with E-state index < -0.39 is 11.7 Å². The highest BCUT2D eigenvalue weighted by Crippen LogP contribution is 2.04. The second-order valence-electron chi connectivity index (χ2n) is 4.36. The lowest BCUT2D eigenvalue weighted by atomic mass is 10.1. The Bertz CT molecular complexity index is 684. The molecule has 0 spiro atoms. The van der Waals surface area contributed by atoms with Gasteiger partial charge in [0.05, 0.1) is 5.56 Å². The standard InChI is InChI=1S/C17H13F2NO/c18-15-8-5-13(6-9-15)11-12-20-17(21)10-7-14-3-1-2-4-16(14)19/h1-6,8-9H,11-12H2,(H,20,21). The van der Waals surface area contributed by atoms with E-state index in [9.17, 15) is 13.6 Å². The minimum absolute atomic E-state index is 0.186. The summed E-state index contributed by atoms with van der Waals surface area (Å²) in [6.45, 7) is 0.385. The van der Waals surface area contributed by atoms with Gasteiger partial charge in [0.2, 0.25) is 0 Å². The molecule has 0 aliphatic rings. The first kappa shape index (κ1) is 14.7. The van der Waals surface area contributed by atoms with Crippen LogP contribution in [0.4, 0.5) is 8.78 Å². The summed E-state index contributed by atoms with van der Waals surface area (Å²) in [5.41, 5.74) is 1.10. The van der Waals surface area contributed by atoms with Crippen LogP contribution in [0.5, 0.6) is 0 Å². The van der Waals surface area contributed by atoms with E-state index in [0.29, 0.717) is 13.0 Å². The second-order valence-corrected chi connectivity index (χ2v) is 4.36. The van der Waals surface area contributed by atoms with Crippen molar-refractivity contribution in [3.05, 3.63) is 71.3 Å². The molecule has 0 saturated heterocycles. The van der Waals surface area contributed by atoms with Crippen molar-refractivity contribution >= 4 is 5.91 Å². The first-order chi connectivity index (χ1) is 10.1. The third-order valence-electron chi connectivity index (χ3n) is 2.80. The van der Waals surface area contributed by atoms with E-state index >= 15 is 0 Å². The predicted molar refractivity (Wildman–Crippen MR) is 76.4 cm³/mol. The molecular weight excluding hydrogens is 272 g/mol. The molecule has 0 radical (unpaired) electrons. The molecule has 0 aliphatic heterocycles. The average Bonchev–Trinajstić information content (AvgIpc) is 2.48. The van der Waals surface area contributed by atoms with E-state index in [4.69, 9.17) is 0 Å². The van der Waals surface area contributed by atoms with Crippen LogP contribution in [0, 0.1) is 23.5 Å². The Hall–Kier alpha value is -2.67. The minimum Gasteiger partial charge on any atom is -0.345 e. The van der Waals surface area contributed by atoms with Crippen molar-refractivity contribution in [2.75, 3.05) is 6.54 Å². The molecule has 0 saturated carbocycles. The SMILES string of the molecule is O=C(C#Cc1ccccc1F)NCCc1ccc(F)cc1. The summed E-state index contributed by atoms with van der Waals surface area (Å²) in [5, 5.41) is 2.61. The number of amides is 1. The number of benzene rings is 2. The van der Waals surface area contributed by atoms with Crippen molar-refractivity contribution in [3.63, 3.8) is 0 Å². The smallest absolute Gasteiger partial charge is 0.296 e. The highest BCUT2D eigenvalue weighted by Gasteiger charge is 1.99. The maximum atomic E-state index is 13.3. The molecule has 2 rings (SSSR count). The van der Waals surface area contributed by atoms with Crippen LogP contribution >= 0.6 is 0 Å². The van der Waals surface area contributed by atoms with Crippen LogP contribution in [0.25, 0.3) is 0 Å². The first-order valence-corrected chi connectivity index (χ1v) is 6.44. The molecule has 2 aromatic carbocycles. The van der Waals surface area contributed by atoms with Crippen molar-refractivity contribution in [1.82, 2.24) is 5.32 Å². The Morgan fingerprint density at radius 1 is 1.05 bits per heavy atom. The topological polar surface area (TPSA) is 29.1 Å². The van der Waals surface area contributed by atoms with Crippen molar-refractivity contribution in [2.24, 2.45) is 0 Å². The van der Waals surface area contributed by atoms with E-state index in [1.165, 1.54) is 24.3 Å². The quantitative estimate of drug-likeness (QED) is 0.863. The Morgan fingerprint density at radius 3 is 2.48 bits per heavy atom. The van der Waals surface area contributed by atoms with Crippen molar-refractivity contribution in [2.45, 2.75) is 6.42 Å². The van der Waals surface area contributed by atoms with Gasteiger partial charge in [-0.25, -0.2) is 8.78 Å². The Morgan fingerprint density at radius 2 is 1.76 bits per heavy atom. The summed E-state index contributed by atoms with van der Waals surface area (Å²) in [7, 11) is 0. The molecule has 0 unspecified atom stereocenters. The number of hydrogen-bond donors (Lipinski definition) is 1. The van der Waals surface area contributed by atoms with Crippen LogP contribution < -0.4 is 5.32 Å². The highest BCUT2D eigenvalue weighted by atomic mass is 19.1. The summed E-state index contributed by atoms with van der Waals surface area (Å²) in [6.07, 6.45) is 0.577. The molecule has 1 amide bonds. The number of carbonyl (C=O) groups is 1. The molecular formula is C17H13F2NO. The summed E-state index contributed by atoms with van der Waals surface area (Å²) in [4.78, 5) is 11.5. The number of carbonyl (C=O) groups excluding carboxylic acids is 1. The third-order valence-corrected chi connectivity index (χ3v) is 2.80. The Kier molecular flexibility index (Phi) is 5.05. The fourth-order valence-corrected chi connectivity index (χ4v) is 1.70. The minimum atomic E-state index is -0.472. The van der Waals surface area contributed by atoms with Crippen molar-refractivity contribution < 1.29 is 13.6 Å². The average molecular weight is 285 g/mol. The fraction of sp³-hybridized carbons (Fsp3) is 0.118. The second kappa shape index (κ2) is 7.20. The van der Waals surface area contributed by atoms with Gasteiger partial charge in [0.1, 0.15) is 11.6 Å². The van der Waals surface area contributed by atoms with Crippen LogP contribution in [-0.4, -0.2) is 12.5 Å². The van der Waals surface area contributed by atoms with E-state index in [-0.39, 0.29) is 11.4 Å². The zero-order valence-electron chi connectivity index (χ0n) is 11.2. The summed E-state index contributed by atoms with van der Waals surface area (Å²) in [6, 6.07) is 12.1. The van der Waals surface area contributed by atoms with Crippen LogP contribution in [0.2, 0.25) is 0 Å². The Balaban J connectivity index is 1.83. The Labute approximate surface area is 121 Å². The summed E-state index contributed by atoms with van der Waals surface area (Å²) < 4.78 is 26.0. The molecule has 0 aliphatic carbocycles. The first-order valence-electron chi connectivity index (χ1n) is 6.44. The number of rotatable bonds is 3. The number of nitrogens with one attached hydrogen (secondary N) is 1. The van der Waals surface area contributed by atoms with E-state index in [2.05, 4.69) is 17.2 Å². The molecule has 0 bridgehead atoms. The van der Waals surface area contributed by atoms with Gasteiger partial charge in [-0.2, -0.15) is 0 Å².